The highest BCUT2D eigenvalue weighted by Gasteiger charge is 2.10. The number of nitrogens with one attached hydrogen (secondary N) is 1. The van der Waals surface area contributed by atoms with Crippen molar-refractivity contribution < 1.29 is 9.53 Å². The second-order valence-electron chi connectivity index (χ2n) is 6.03. The molecule has 6 nitrogen and oxygen atoms in total. The van der Waals surface area contributed by atoms with Gasteiger partial charge in [-0.05, 0) is 63.2 Å². The number of hydrogen-bond acceptors (Lipinski definition) is 4. The van der Waals surface area contributed by atoms with Crippen LogP contribution in [0.25, 0.3) is 5.69 Å². The Labute approximate surface area is 158 Å². The van der Waals surface area contributed by atoms with E-state index in [-0.39, 0.29) is 5.91 Å². The predicted molar refractivity (Wildman–Crippen MR) is 106 cm³/mol. The zero-order valence-corrected chi connectivity index (χ0v) is 15.6. The lowest BCUT2D eigenvalue weighted by molar-refractivity contribution is 0.0955. The molecule has 0 saturated heterocycles. The summed E-state index contributed by atoms with van der Waals surface area (Å²) in [6.45, 7) is 6.67. The molecular weight excluding hydrogens is 340 g/mol. The van der Waals surface area contributed by atoms with Crippen molar-refractivity contribution in [1.29, 1.82) is 0 Å². The highest BCUT2D eigenvalue weighted by molar-refractivity contribution is 5.94. The first kappa shape index (κ1) is 18.4. The van der Waals surface area contributed by atoms with Crippen LogP contribution in [-0.4, -0.2) is 28.3 Å². The molecule has 3 aromatic rings. The van der Waals surface area contributed by atoms with Crippen LogP contribution in [0.1, 0.15) is 34.2 Å². The van der Waals surface area contributed by atoms with Gasteiger partial charge in [-0.2, -0.15) is 5.10 Å². The zero-order valence-electron chi connectivity index (χ0n) is 15.6. The summed E-state index contributed by atoms with van der Waals surface area (Å²) in [5, 5.41) is 4.08. The summed E-state index contributed by atoms with van der Waals surface area (Å²) in [7, 11) is 0. The van der Waals surface area contributed by atoms with Gasteiger partial charge in [-0.25, -0.2) is 5.43 Å². The largest absolute Gasteiger partial charge is 0.494 e. The number of aromatic nitrogens is 2. The molecule has 3 rings (SSSR count). The quantitative estimate of drug-likeness (QED) is 0.537. The van der Waals surface area contributed by atoms with Crippen molar-refractivity contribution in [3.05, 3.63) is 77.4 Å². The molecule has 6 heteroatoms. The van der Waals surface area contributed by atoms with Crippen molar-refractivity contribution in [2.75, 3.05) is 6.61 Å². The molecule has 0 spiro atoms. The first-order valence-corrected chi connectivity index (χ1v) is 8.75. The van der Waals surface area contributed by atoms with E-state index in [4.69, 9.17) is 4.74 Å². The number of carbonyl (C=O) groups excluding carboxylic acids is 1. The highest BCUT2D eigenvalue weighted by Crippen LogP contribution is 2.22. The van der Waals surface area contributed by atoms with Crippen LogP contribution in [0, 0.1) is 13.8 Å². The fourth-order valence-electron chi connectivity index (χ4n) is 2.90. The van der Waals surface area contributed by atoms with E-state index in [1.165, 1.54) is 6.20 Å². The maximum atomic E-state index is 12.0. The van der Waals surface area contributed by atoms with Gasteiger partial charge in [0.25, 0.3) is 5.91 Å². The van der Waals surface area contributed by atoms with Gasteiger partial charge in [0.05, 0.1) is 18.4 Å². The first-order chi connectivity index (χ1) is 13.1. The van der Waals surface area contributed by atoms with Crippen LogP contribution in [0.15, 0.2) is 60.0 Å². The topological polar surface area (TPSA) is 68.5 Å². The lowest BCUT2D eigenvalue weighted by atomic mass is 10.2. The van der Waals surface area contributed by atoms with Crippen molar-refractivity contribution in [3.8, 4) is 11.4 Å². The third kappa shape index (κ3) is 4.23. The lowest BCUT2D eigenvalue weighted by Gasteiger charge is -2.10. The molecule has 0 unspecified atom stereocenters. The predicted octanol–water partition coefficient (Wildman–Crippen LogP) is 3.65. The molecule has 2 aromatic heterocycles. The number of pyridine rings is 1. The Kier molecular flexibility index (Phi) is 5.66. The van der Waals surface area contributed by atoms with Crippen molar-refractivity contribution in [3.63, 3.8) is 0 Å². The Morgan fingerprint density at radius 3 is 2.70 bits per heavy atom. The summed E-state index contributed by atoms with van der Waals surface area (Å²) in [5.74, 6) is 0.559. The van der Waals surface area contributed by atoms with Gasteiger partial charge in [0.1, 0.15) is 5.75 Å². The van der Waals surface area contributed by atoms with Gasteiger partial charge in [-0.3, -0.25) is 9.78 Å². The molecule has 0 radical (unpaired) electrons. The van der Waals surface area contributed by atoms with Crippen LogP contribution in [-0.2, 0) is 0 Å². The molecule has 1 aromatic carbocycles. The van der Waals surface area contributed by atoms with E-state index in [9.17, 15) is 4.79 Å². The molecule has 0 aliphatic heterocycles. The minimum absolute atomic E-state index is 0.292. The van der Waals surface area contributed by atoms with Gasteiger partial charge in [-0.15, -0.1) is 0 Å². The van der Waals surface area contributed by atoms with Gasteiger partial charge >= 0.3 is 0 Å². The SMILES string of the molecule is CCOc1ccc(-n2c(C)cc(C=NNC(=O)c3cccnc3)c2C)cc1. The minimum atomic E-state index is -0.292. The van der Waals surface area contributed by atoms with E-state index in [1.54, 1.807) is 24.5 Å². The van der Waals surface area contributed by atoms with Gasteiger partial charge in [-0.1, -0.05) is 0 Å². The summed E-state index contributed by atoms with van der Waals surface area (Å²) in [6.07, 6.45) is 4.78. The third-order valence-electron chi connectivity index (χ3n) is 4.17. The number of nitrogens with zero attached hydrogens (tertiary/aromatic N) is 3. The molecule has 0 saturated carbocycles. The number of ether oxygens (including phenoxy) is 1. The van der Waals surface area contributed by atoms with Crippen LogP contribution in [0.2, 0.25) is 0 Å². The van der Waals surface area contributed by atoms with Gasteiger partial charge in [0.15, 0.2) is 0 Å². The summed E-state index contributed by atoms with van der Waals surface area (Å²) in [4.78, 5) is 15.9. The van der Waals surface area contributed by atoms with E-state index in [0.29, 0.717) is 12.2 Å². The molecular formula is C21H22N4O2. The maximum absolute atomic E-state index is 12.0. The van der Waals surface area contributed by atoms with E-state index >= 15 is 0 Å². The van der Waals surface area contributed by atoms with E-state index in [0.717, 1.165) is 28.4 Å². The van der Waals surface area contributed by atoms with Crippen LogP contribution < -0.4 is 10.2 Å². The van der Waals surface area contributed by atoms with Crippen molar-refractivity contribution in [2.24, 2.45) is 5.10 Å². The molecule has 138 valence electrons. The van der Waals surface area contributed by atoms with Crippen molar-refractivity contribution in [2.45, 2.75) is 20.8 Å². The number of hydrazone groups is 1. The number of rotatable bonds is 6. The van der Waals surface area contributed by atoms with Crippen LogP contribution in [0.5, 0.6) is 5.75 Å². The van der Waals surface area contributed by atoms with Crippen LogP contribution in [0.4, 0.5) is 0 Å². The third-order valence-corrected chi connectivity index (χ3v) is 4.17. The Balaban J connectivity index is 1.76. The number of benzene rings is 1. The number of carbonyl (C=O) groups is 1. The fraction of sp³-hybridized carbons (Fsp3) is 0.190. The summed E-state index contributed by atoms with van der Waals surface area (Å²) in [6, 6.07) is 13.4. The van der Waals surface area contributed by atoms with E-state index in [2.05, 4.69) is 20.1 Å². The molecule has 0 aliphatic carbocycles. The zero-order chi connectivity index (χ0) is 19.2. The Bertz CT molecular complexity index is 944. The number of hydrogen-bond donors (Lipinski definition) is 1. The molecule has 0 atom stereocenters. The average Bonchev–Trinajstić information content (AvgIpc) is 2.97. The smallest absolute Gasteiger partial charge is 0.272 e. The monoisotopic (exact) mass is 362 g/mol. The summed E-state index contributed by atoms with van der Waals surface area (Å²) >= 11 is 0. The normalized spacial score (nSPS) is 10.9. The second-order valence-corrected chi connectivity index (χ2v) is 6.03. The van der Waals surface area contributed by atoms with Gasteiger partial charge in [0, 0.05) is 35.0 Å². The second kappa shape index (κ2) is 8.31. The minimum Gasteiger partial charge on any atom is -0.494 e. The van der Waals surface area contributed by atoms with E-state index in [1.807, 2.05) is 51.1 Å². The van der Waals surface area contributed by atoms with Gasteiger partial charge < -0.3 is 9.30 Å². The van der Waals surface area contributed by atoms with E-state index < -0.39 is 0 Å². The number of aryl methyl sites for hydroxylation is 1. The van der Waals surface area contributed by atoms with Crippen LogP contribution in [0.3, 0.4) is 0 Å². The first-order valence-electron chi connectivity index (χ1n) is 8.75. The Morgan fingerprint density at radius 2 is 2.04 bits per heavy atom. The maximum Gasteiger partial charge on any atom is 0.272 e. The molecule has 0 fully saturated rings. The molecule has 1 amide bonds. The Morgan fingerprint density at radius 1 is 1.26 bits per heavy atom. The average molecular weight is 362 g/mol. The Hall–Kier alpha value is -3.41. The van der Waals surface area contributed by atoms with Gasteiger partial charge in [0.2, 0.25) is 0 Å². The highest BCUT2D eigenvalue weighted by atomic mass is 16.5. The lowest BCUT2D eigenvalue weighted by Crippen LogP contribution is -2.17. The fourth-order valence-corrected chi connectivity index (χ4v) is 2.90. The van der Waals surface area contributed by atoms with Crippen molar-refractivity contribution in [1.82, 2.24) is 15.0 Å². The molecule has 0 aliphatic rings. The van der Waals surface area contributed by atoms with Crippen molar-refractivity contribution >= 4 is 12.1 Å². The molecule has 2 heterocycles. The molecule has 0 bridgehead atoms. The summed E-state index contributed by atoms with van der Waals surface area (Å²) < 4.78 is 7.64. The molecule has 1 N–H and O–H groups in total. The molecule has 27 heavy (non-hydrogen) atoms. The van der Waals surface area contributed by atoms with Crippen LogP contribution >= 0.6 is 0 Å². The summed E-state index contributed by atoms with van der Waals surface area (Å²) in [5.41, 5.74) is 7.10. The standard InChI is InChI=1S/C21H22N4O2/c1-4-27-20-9-7-19(8-10-20)25-15(2)12-18(16(25)3)14-23-24-21(26)17-6-5-11-22-13-17/h5-14H,4H2,1-3H3,(H,24,26). The number of amides is 1.